The first-order valence-corrected chi connectivity index (χ1v) is 6.89. The molecule has 3 unspecified atom stereocenters. The summed E-state index contributed by atoms with van der Waals surface area (Å²) in [5.41, 5.74) is 5.75. The van der Waals surface area contributed by atoms with Gasteiger partial charge in [-0.3, -0.25) is 4.90 Å². The molecule has 2 rings (SSSR count). The highest BCUT2D eigenvalue weighted by Crippen LogP contribution is 2.26. The second-order valence-corrected chi connectivity index (χ2v) is 5.35. The highest BCUT2D eigenvalue weighted by molar-refractivity contribution is 4.85. The number of rotatable bonds is 4. The first kappa shape index (κ1) is 12.3. The standard InChI is InChI=1S/C13H26N2O/c1-2-3-13-8-12(5-7-16-13)15-6-4-11(9-14)10-15/h11-13H,2-10,14H2,1H3. The van der Waals surface area contributed by atoms with E-state index in [1.807, 2.05) is 0 Å². The van der Waals surface area contributed by atoms with Crippen LogP contribution in [0, 0.1) is 5.92 Å². The molecule has 3 nitrogen and oxygen atoms in total. The van der Waals surface area contributed by atoms with Crippen LogP contribution >= 0.6 is 0 Å². The van der Waals surface area contributed by atoms with Crippen LogP contribution in [-0.4, -0.2) is 43.3 Å². The predicted molar refractivity (Wildman–Crippen MR) is 66.4 cm³/mol. The number of hydrogen-bond donors (Lipinski definition) is 1. The van der Waals surface area contributed by atoms with Gasteiger partial charge in [-0.05, 0) is 44.7 Å². The monoisotopic (exact) mass is 226 g/mol. The molecular formula is C13H26N2O. The van der Waals surface area contributed by atoms with Gasteiger partial charge in [0, 0.05) is 19.2 Å². The van der Waals surface area contributed by atoms with Crippen LogP contribution < -0.4 is 5.73 Å². The molecule has 0 aromatic carbocycles. The molecule has 2 aliphatic heterocycles. The van der Waals surface area contributed by atoms with Crippen LogP contribution in [-0.2, 0) is 4.74 Å². The van der Waals surface area contributed by atoms with E-state index in [0.717, 1.165) is 25.1 Å². The molecule has 0 amide bonds. The Morgan fingerprint density at radius 1 is 1.38 bits per heavy atom. The van der Waals surface area contributed by atoms with Gasteiger partial charge in [0.25, 0.3) is 0 Å². The summed E-state index contributed by atoms with van der Waals surface area (Å²) in [6.45, 7) is 6.54. The Morgan fingerprint density at radius 3 is 2.94 bits per heavy atom. The Labute approximate surface area is 99.3 Å². The Hall–Kier alpha value is -0.120. The number of ether oxygens (including phenoxy) is 1. The average molecular weight is 226 g/mol. The third-order valence-corrected chi connectivity index (χ3v) is 4.12. The maximum atomic E-state index is 5.81. The first-order valence-electron chi connectivity index (χ1n) is 6.89. The van der Waals surface area contributed by atoms with Gasteiger partial charge in [0.05, 0.1) is 6.10 Å². The highest BCUT2D eigenvalue weighted by Gasteiger charge is 2.31. The fourth-order valence-electron chi connectivity index (χ4n) is 3.10. The van der Waals surface area contributed by atoms with Crippen molar-refractivity contribution in [2.45, 2.75) is 51.2 Å². The van der Waals surface area contributed by atoms with Crippen molar-refractivity contribution in [1.29, 1.82) is 0 Å². The van der Waals surface area contributed by atoms with E-state index in [1.165, 1.54) is 45.2 Å². The fourth-order valence-corrected chi connectivity index (χ4v) is 3.10. The number of nitrogens with two attached hydrogens (primary N) is 1. The Balaban J connectivity index is 1.80. The molecule has 2 fully saturated rings. The van der Waals surface area contributed by atoms with E-state index >= 15 is 0 Å². The lowest BCUT2D eigenvalue weighted by Gasteiger charge is -2.35. The third kappa shape index (κ3) is 2.96. The second-order valence-electron chi connectivity index (χ2n) is 5.35. The smallest absolute Gasteiger partial charge is 0.0590 e. The molecular weight excluding hydrogens is 200 g/mol. The third-order valence-electron chi connectivity index (χ3n) is 4.12. The molecule has 0 bridgehead atoms. The summed E-state index contributed by atoms with van der Waals surface area (Å²) in [7, 11) is 0. The van der Waals surface area contributed by atoms with Gasteiger partial charge < -0.3 is 10.5 Å². The minimum Gasteiger partial charge on any atom is -0.378 e. The van der Waals surface area contributed by atoms with E-state index in [-0.39, 0.29) is 0 Å². The molecule has 3 atom stereocenters. The van der Waals surface area contributed by atoms with Gasteiger partial charge in [-0.15, -0.1) is 0 Å². The molecule has 0 spiro atoms. The molecule has 3 heteroatoms. The molecule has 94 valence electrons. The summed E-state index contributed by atoms with van der Waals surface area (Å²) in [5, 5.41) is 0. The molecule has 2 heterocycles. The molecule has 2 saturated heterocycles. The van der Waals surface area contributed by atoms with E-state index in [1.54, 1.807) is 0 Å². The zero-order valence-electron chi connectivity index (χ0n) is 10.5. The van der Waals surface area contributed by atoms with Crippen LogP contribution in [0.5, 0.6) is 0 Å². The van der Waals surface area contributed by atoms with Crippen molar-refractivity contribution in [3.63, 3.8) is 0 Å². The molecule has 0 aliphatic carbocycles. The van der Waals surface area contributed by atoms with E-state index in [9.17, 15) is 0 Å². The van der Waals surface area contributed by atoms with Gasteiger partial charge in [-0.2, -0.15) is 0 Å². The quantitative estimate of drug-likeness (QED) is 0.791. The maximum Gasteiger partial charge on any atom is 0.0590 e. The Morgan fingerprint density at radius 2 is 2.25 bits per heavy atom. The molecule has 16 heavy (non-hydrogen) atoms. The zero-order chi connectivity index (χ0) is 11.4. The topological polar surface area (TPSA) is 38.5 Å². The Bertz CT molecular complexity index is 208. The summed E-state index contributed by atoms with van der Waals surface area (Å²) >= 11 is 0. The second kappa shape index (κ2) is 5.99. The van der Waals surface area contributed by atoms with Crippen molar-refractivity contribution in [2.75, 3.05) is 26.2 Å². The normalized spacial score (nSPS) is 36.8. The number of nitrogens with zero attached hydrogens (tertiary/aromatic N) is 1. The Kier molecular flexibility index (Phi) is 4.62. The van der Waals surface area contributed by atoms with Gasteiger partial charge in [0.15, 0.2) is 0 Å². The lowest BCUT2D eigenvalue weighted by atomic mass is 9.99. The number of likely N-dealkylation sites (tertiary alicyclic amines) is 1. The lowest BCUT2D eigenvalue weighted by Crippen LogP contribution is -2.41. The van der Waals surface area contributed by atoms with Gasteiger partial charge in [-0.1, -0.05) is 13.3 Å². The van der Waals surface area contributed by atoms with Crippen LogP contribution in [0.25, 0.3) is 0 Å². The first-order chi connectivity index (χ1) is 7.83. The summed E-state index contributed by atoms with van der Waals surface area (Å²) < 4.78 is 5.81. The van der Waals surface area contributed by atoms with Crippen LogP contribution in [0.3, 0.4) is 0 Å². The fraction of sp³-hybridized carbons (Fsp3) is 1.00. The van der Waals surface area contributed by atoms with Gasteiger partial charge in [-0.25, -0.2) is 0 Å². The van der Waals surface area contributed by atoms with Crippen LogP contribution in [0.1, 0.15) is 39.0 Å². The summed E-state index contributed by atoms with van der Waals surface area (Å²) in [5.74, 6) is 0.743. The summed E-state index contributed by atoms with van der Waals surface area (Å²) in [4.78, 5) is 2.66. The summed E-state index contributed by atoms with van der Waals surface area (Å²) in [6.07, 6.45) is 6.74. The van der Waals surface area contributed by atoms with Crippen molar-refractivity contribution >= 4 is 0 Å². The number of hydrogen-bond acceptors (Lipinski definition) is 3. The van der Waals surface area contributed by atoms with Crippen LogP contribution in [0.15, 0.2) is 0 Å². The largest absolute Gasteiger partial charge is 0.378 e. The minimum atomic E-state index is 0.515. The zero-order valence-corrected chi connectivity index (χ0v) is 10.5. The molecule has 0 aromatic rings. The van der Waals surface area contributed by atoms with Crippen LogP contribution in [0.4, 0.5) is 0 Å². The van der Waals surface area contributed by atoms with Crippen molar-refractivity contribution in [3.8, 4) is 0 Å². The summed E-state index contributed by atoms with van der Waals surface area (Å²) in [6, 6.07) is 0.766. The lowest BCUT2D eigenvalue weighted by molar-refractivity contribution is -0.0268. The predicted octanol–water partition coefficient (Wildman–Crippen LogP) is 1.61. The molecule has 0 aromatic heterocycles. The highest BCUT2D eigenvalue weighted by atomic mass is 16.5. The molecule has 2 N–H and O–H groups in total. The van der Waals surface area contributed by atoms with Crippen molar-refractivity contribution in [3.05, 3.63) is 0 Å². The van der Waals surface area contributed by atoms with Crippen molar-refractivity contribution in [1.82, 2.24) is 4.90 Å². The van der Waals surface area contributed by atoms with Gasteiger partial charge in [0.2, 0.25) is 0 Å². The van der Waals surface area contributed by atoms with E-state index in [0.29, 0.717) is 6.10 Å². The average Bonchev–Trinajstić information content (AvgIpc) is 2.78. The van der Waals surface area contributed by atoms with Gasteiger partial charge >= 0.3 is 0 Å². The van der Waals surface area contributed by atoms with Crippen molar-refractivity contribution in [2.24, 2.45) is 11.7 Å². The molecule has 2 aliphatic rings. The van der Waals surface area contributed by atoms with Crippen molar-refractivity contribution < 1.29 is 4.74 Å². The molecule has 0 radical (unpaired) electrons. The van der Waals surface area contributed by atoms with Crippen LogP contribution in [0.2, 0.25) is 0 Å². The SMILES string of the molecule is CCCC1CC(N2CCC(CN)C2)CCO1. The van der Waals surface area contributed by atoms with E-state index in [2.05, 4.69) is 11.8 Å². The van der Waals surface area contributed by atoms with Gasteiger partial charge in [0.1, 0.15) is 0 Å². The maximum absolute atomic E-state index is 5.81. The van der Waals surface area contributed by atoms with E-state index in [4.69, 9.17) is 10.5 Å². The molecule has 0 saturated carbocycles. The van der Waals surface area contributed by atoms with E-state index < -0.39 is 0 Å². The minimum absolute atomic E-state index is 0.515.